The van der Waals surface area contributed by atoms with Crippen molar-refractivity contribution in [2.75, 3.05) is 11.1 Å². The second-order valence-electron chi connectivity index (χ2n) is 5.23. The van der Waals surface area contributed by atoms with Gasteiger partial charge in [-0.05, 0) is 24.3 Å². The zero-order chi connectivity index (χ0) is 18.5. The molecule has 0 aliphatic heterocycles. The number of nitrogens with one attached hydrogen (secondary N) is 1. The number of benzene rings is 1. The summed E-state index contributed by atoms with van der Waals surface area (Å²) in [4.78, 5) is 16.0. The molecule has 0 spiro atoms. The normalized spacial score (nSPS) is 10.7. The summed E-state index contributed by atoms with van der Waals surface area (Å²) >= 11 is 1.10. The molecule has 1 amide bonds. The minimum Gasteiger partial charge on any atom is -0.411 e. The Morgan fingerprint density at radius 1 is 0.926 bits per heavy atom. The van der Waals surface area contributed by atoms with E-state index in [0.717, 1.165) is 17.3 Å². The fourth-order valence-electron chi connectivity index (χ4n) is 2.13. The molecular formula is C17H12N6O3S. The number of carbonyl (C=O) groups excluding carboxylic acids is 1. The molecule has 0 aliphatic rings. The second kappa shape index (κ2) is 7.79. The van der Waals surface area contributed by atoms with E-state index in [-0.39, 0.29) is 22.9 Å². The Morgan fingerprint density at radius 2 is 1.70 bits per heavy atom. The third-order valence-electron chi connectivity index (χ3n) is 3.33. The Kier molecular flexibility index (Phi) is 4.88. The second-order valence-corrected chi connectivity index (χ2v) is 6.16. The van der Waals surface area contributed by atoms with Crippen LogP contribution in [0.4, 0.5) is 6.01 Å². The molecule has 1 N–H and O–H groups in total. The number of rotatable bonds is 6. The maximum atomic E-state index is 12.0. The van der Waals surface area contributed by atoms with Gasteiger partial charge in [-0.15, -0.1) is 15.3 Å². The number of nitrogens with zero attached hydrogens (tertiary/aromatic N) is 5. The lowest BCUT2D eigenvalue weighted by atomic mass is 10.2. The molecule has 4 rings (SSSR count). The fourth-order valence-corrected chi connectivity index (χ4v) is 2.69. The van der Waals surface area contributed by atoms with E-state index in [4.69, 9.17) is 8.83 Å². The Labute approximate surface area is 157 Å². The average Bonchev–Trinajstić information content (AvgIpc) is 3.37. The molecular weight excluding hydrogens is 368 g/mol. The van der Waals surface area contributed by atoms with Crippen LogP contribution in [0.25, 0.3) is 22.9 Å². The number of thioether (sulfide) groups is 1. The standard InChI is InChI=1S/C17H12N6O3S/c24-13(19-16-22-20-14(25-16)11-5-2-1-3-6-11)10-27-17-23-21-15(26-17)12-7-4-8-18-9-12/h1-9H,10H2,(H,19,22,24). The van der Waals surface area contributed by atoms with E-state index in [2.05, 4.69) is 30.7 Å². The van der Waals surface area contributed by atoms with Crippen molar-refractivity contribution in [1.82, 2.24) is 25.4 Å². The van der Waals surface area contributed by atoms with Gasteiger partial charge in [0.05, 0.1) is 11.3 Å². The highest BCUT2D eigenvalue weighted by atomic mass is 32.2. The Balaban J connectivity index is 1.33. The van der Waals surface area contributed by atoms with E-state index in [1.807, 2.05) is 36.4 Å². The number of hydrogen-bond donors (Lipinski definition) is 1. The topological polar surface area (TPSA) is 120 Å². The Bertz CT molecular complexity index is 1040. The first-order valence-corrected chi connectivity index (χ1v) is 8.82. The minimum atomic E-state index is -0.329. The summed E-state index contributed by atoms with van der Waals surface area (Å²) in [5.74, 6) is 0.397. The summed E-state index contributed by atoms with van der Waals surface area (Å²) in [6, 6.07) is 12.9. The number of anilines is 1. The molecule has 1 aromatic carbocycles. The molecule has 0 atom stereocenters. The van der Waals surface area contributed by atoms with Crippen LogP contribution in [-0.4, -0.2) is 37.0 Å². The first kappa shape index (κ1) is 16.9. The molecule has 0 saturated heterocycles. The van der Waals surface area contributed by atoms with E-state index >= 15 is 0 Å². The summed E-state index contributed by atoms with van der Waals surface area (Å²) in [7, 11) is 0. The first-order valence-electron chi connectivity index (χ1n) is 7.83. The summed E-state index contributed by atoms with van der Waals surface area (Å²) in [5, 5.41) is 18.4. The van der Waals surface area contributed by atoms with Crippen molar-refractivity contribution in [3.63, 3.8) is 0 Å². The molecule has 134 valence electrons. The van der Waals surface area contributed by atoms with Gasteiger partial charge in [-0.2, -0.15) is 0 Å². The van der Waals surface area contributed by atoms with Crippen molar-refractivity contribution in [2.24, 2.45) is 0 Å². The van der Waals surface area contributed by atoms with Gasteiger partial charge in [0.25, 0.3) is 5.22 Å². The smallest absolute Gasteiger partial charge is 0.322 e. The molecule has 3 aromatic heterocycles. The predicted molar refractivity (Wildman–Crippen MR) is 96.6 cm³/mol. The first-order chi connectivity index (χ1) is 13.3. The van der Waals surface area contributed by atoms with Crippen LogP contribution >= 0.6 is 11.8 Å². The van der Waals surface area contributed by atoms with Crippen LogP contribution in [0.3, 0.4) is 0 Å². The summed E-state index contributed by atoms with van der Waals surface area (Å²) in [6.07, 6.45) is 3.27. The third kappa shape index (κ3) is 4.18. The SMILES string of the molecule is O=C(CSc1nnc(-c2cccnc2)o1)Nc1nnc(-c2ccccc2)o1. The Hall–Kier alpha value is -3.53. The van der Waals surface area contributed by atoms with Gasteiger partial charge >= 0.3 is 6.01 Å². The van der Waals surface area contributed by atoms with Gasteiger partial charge in [-0.3, -0.25) is 15.1 Å². The van der Waals surface area contributed by atoms with Gasteiger partial charge in [-0.1, -0.05) is 35.1 Å². The zero-order valence-corrected chi connectivity index (χ0v) is 14.6. The number of hydrogen-bond acceptors (Lipinski definition) is 9. The van der Waals surface area contributed by atoms with Gasteiger partial charge in [-0.25, -0.2) is 0 Å². The van der Waals surface area contributed by atoms with Crippen LogP contribution < -0.4 is 5.32 Å². The van der Waals surface area contributed by atoms with E-state index in [0.29, 0.717) is 17.3 Å². The fraction of sp³-hybridized carbons (Fsp3) is 0.0588. The van der Waals surface area contributed by atoms with E-state index in [9.17, 15) is 4.79 Å². The number of pyridine rings is 1. The third-order valence-corrected chi connectivity index (χ3v) is 4.15. The molecule has 0 bridgehead atoms. The molecule has 9 nitrogen and oxygen atoms in total. The van der Waals surface area contributed by atoms with E-state index < -0.39 is 0 Å². The van der Waals surface area contributed by atoms with Crippen molar-refractivity contribution < 1.29 is 13.6 Å². The summed E-state index contributed by atoms with van der Waals surface area (Å²) in [6.45, 7) is 0. The highest BCUT2D eigenvalue weighted by Gasteiger charge is 2.14. The van der Waals surface area contributed by atoms with Crippen LogP contribution in [0.15, 0.2) is 68.9 Å². The molecule has 4 aromatic rings. The van der Waals surface area contributed by atoms with Crippen LogP contribution in [0, 0.1) is 0 Å². The lowest BCUT2D eigenvalue weighted by Crippen LogP contribution is -2.14. The van der Waals surface area contributed by atoms with Gasteiger partial charge in [0.15, 0.2) is 0 Å². The van der Waals surface area contributed by atoms with Gasteiger partial charge in [0.1, 0.15) is 0 Å². The monoisotopic (exact) mass is 380 g/mol. The number of amides is 1. The average molecular weight is 380 g/mol. The van der Waals surface area contributed by atoms with Crippen molar-refractivity contribution >= 4 is 23.7 Å². The van der Waals surface area contributed by atoms with E-state index in [1.165, 1.54) is 0 Å². The number of carbonyl (C=O) groups is 1. The van der Waals surface area contributed by atoms with Crippen LogP contribution in [0.1, 0.15) is 0 Å². The molecule has 0 unspecified atom stereocenters. The summed E-state index contributed by atoms with van der Waals surface area (Å²) < 4.78 is 10.9. The van der Waals surface area contributed by atoms with E-state index in [1.54, 1.807) is 18.5 Å². The molecule has 0 saturated carbocycles. The van der Waals surface area contributed by atoms with Gasteiger partial charge in [0.2, 0.25) is 17.7 Å². The lowest BCUT2D eigenvalue weighted by molar-refractivity contribution is -0.113. The maximum Gasteiger partial charge on any atom is 0.322 e. The largest absolute Gasteiger partial charge is 0.411 e. The molecule has 3 heterocycles. The highest BCUT2D eigenvalue weighted by Crippen LogP contribution is 2.23. The molecule has 10 heteroatoms. The summed E-state index contributed by atoms with van der Waals surface area (Å²) in [5.41, 5.74) is 1.48. The number of aromatic nitrogens is 5. The minimum absolute atomic E-state index is 0.0287. The molecule has 0 radical (unpaired) electrons. The zero-order valence-electron chi connectivity index (χ0n) is 13.8. The van der Waals surface area contributed by atoms with Crippen molar-refractivity contribution in [3.05, 3.63) is 54.9 Å². The van der Waals surface area contributed by atoms with Gasteiger partial charge in [0, 0.05) is 18.0 Å². The molecule has 0 fully saturated rings. The highest BCUT2D eigenvalue weighted by molar-refractivity contribution is 7.99. The molecule has 0 aliphatic carbocycles. The van der Waals surface area contributed by atoms with Crippen molar-refractivity contribution in [3.8, 4) is 22.9 Å². The quantitative estimate of drug-likeness (QED) is 0.503. The van der Waals surface area contributed by atoms with Crippen LogP contribution in [0.2, 0.25) is 0 Å². The molecule has 27 heavy (non-hydrogen) atoms. The maximum absolute atomic E-state index is 12.0. The van der Waals surface area contributed by atoms with Crippen LogP contribution in [0.5, 0.6) is 0 Å². The van der Waals surface area contributed by atoms with Crippen molar-refractivity contribution in [1.29, 1.82) is 0 Å². The van der Waals surface area contributed by atoms with Gasteiger partial charge < -0.3 is 8.83 Å². The lowest BCUT2D eigenvalue weighted by Gasteiger charge is -1.98. The predicted octanol–water partition coefficient (Wildman–Crippen LogP) is 2.91. The Morgan fingerprint density at radius 3 is 2.52 bits per heavy atom. The van der Waals surface area contributed by atoms with Crippen molar-refractivity contribution in [2.45, 2.75) is 5.22 Å². The van der Waals surface area contributed by atoms with Crippen LogP contribution in [-0.2, 0) is 4.79 Å².